The standard InChI is InChI=1S/C22H20F2N4O3/c1-13(29)25-17-7-4-14(5-8-17)20-26-21(31-27-20)16-3-2-10-28(12-16)22(30)15-6-9-18(23)19(24)11-15/h4-9,11,16H,2-3,10,12H2,1H3,(H,25,29). The van der Waals surface area contributed by atoms with Crippen molar-refractivity contribution in [3.05, 3.63) is 65.6 Å². The minimum atomic E-state index is -1.05. The van der Waals surface area contributed by atoms with Gasteiger partial charge in [0.25, 0.3) is 5.91 Å². The number of likely N-dealkylation sites (tertiary alicyclic amines) is 1. The van der Waals surface area contributed by atoms with Gasteiger partial charge in [-0.3, -0.25) is 9.59 Å². The highest BCUT2D eigenvalue weighted by Gasteiger charge is 2.29. The molecule has 1 saturated heterocycles. The van der Waals surface area contributed by atoms with Gasteiger partial charge in [0.05, 0.1) is 5.92 Å². The van der Waals surface area contributed by atoms with E-state index in [2.05, 4.69) is 15.5 Å². The molecule has 2 aromatic carbocycles. The van der Waals surface area contributed by atoms with Crippen molar-refractivity contribution in [2.45, 2.75) is 25.7 Å². The summed E-state index contributed by atoms with van der Waals surface area (Å²) in [4.78, 5) is 29.9. The lowest BCUT2D eigenvalue weighted by atomic mass is 9.97. The lowest BCUT2D eigenvalue weighted by Gasteiger charge is -2.31. The van der Waals surface area contributed by atoms with Crippen molar-refractivity contribution < 1.29 is 22.9 Å². The molecule has 2 heterocycles. The molecule has 3 aromatic rings. The first-order chi connectivity index (χ1) is 14.9. The fourth-order valence-electron chi connectivity index (χ4n) is 3.60. The lowest BCUT2D eigenvalue weighted by Crippen LogP contribution is -2.39. The molecule has 1 unspecified atom stereocenters. The van der Waals surface area contributed by atoms with Crippen molar-refractivity contribution in [2.24, 2.45) is 0 Å². The van der Waals surface area contributed by atoms with E-state index in [1.54, 1.807) is 29.2 Å². The van der Waals surface area contributed by atoms with Crippen molar-refractivity contribution in [1.29, 1.82) is 0 Å². The van der Waals surface area contributed by atoms with Crippen LogP contribution in [0.3, 0.4) is 0 Å². The van der Waals surface area contributed by atoms with Gasteiger partial charge in [-0.05, 0) is 55.3 Å². The highest BCUT2D eigenvalue weighted by atomic mass is 19.2. The van der Waals surface area contributed by atoms with E-state index in [9.17, 15) is 18.4 Å². The largest absolute Gasteiger partial charge is 0.339 e. The summed E-state index contributed by atoms with van der Waals surface area (Å²) < 4.78 is 32.1. The van der Waals surface area contributed by atoms with Gasteiger partial charge in [-0.25, -0.2) is 8.78 Å². The van der Waals surface area contributed by atoms with Crippen LogP contribution in [0.2, 0.25) is 0 Å². The molecule has 1 aliphatic rings. The minimum Gasteiger partial charge on any atom is -0.339 e. The number of halogens is 2. The number of hydrogen-bond donors (Lipinski definition) is 1. The van der Waals surface area contributed by atoms with Gasteiger partial charge in [0, 0.05) is 36.8 Å². The molecule has 2 amide bonds. The third-order valence-corrected chi connectivity index (χ3v) is 5.13. The Hall–Kier alpha value is -3.62. The first-order valence-electron chi connectivity index (χ1n) is 9.86. The Bertz CT molecular complexity index is 1110. The van der Waals surface area contributed by atoms with Gasteiger partial charge >= 0.3 is 0 Å². The van der Waals surface area contributed by atoms with Crippen LogP contribution >= 0.6 is 0 Å². The molecule has 4 rings (SSSR count). The molecule has 9 heteroatoms. The average molecular weight is 426 g/mol. The number of aromatic nitrogens is 2. The van der Waals surface area contributed by atoms with Crippen molar-refractivity contribution in [3.63, 3.8) is 0 Å². The van der Waals surface area contributed by atoms with Gasteiger partial charge in [-0.2, -0.15) is 4.98 Å². The molecule has 1 fully saturated rings. The summed E-state index contributed by atoms with van der Waals surface area (Å²) >= 11 is 0. The zero-order valence-electron chi connectivity index (χ0n) is 16.8. The van der Waals surface area contributed by atoms with Crippen molar-refractivity contribution >= 4 is 17.5 Å². The Morgan fingerprint density at radius 2 is 1.90 bits per heavy atom. The number of benzene rings is 2. The smallest absolute Gasteiger partial charge is 0.253 e. The van der Waals surface area contributed by atoms with Crippen LogP contribution in [0, 0.1) is 11.6 Å². The Morgan fingerprint density at radius 3 is 2.61 bits per heavy atom. The quantitative estimate of drug-likeness (QED) is 0.682. The fraction of sp³-hybridized carbons (Fsp3) is 0.273. The number of anilines is 1. The molecule has 0 aliphatic carbocycles. The molecule has 1 aliphatic heterocycles. The van der Waals surface area contributed by atoms with Gasteiger partial charge in [0.1, 0.15) is 0 Å². The van der Waals surface area contributed by atoms with Crippen LogP contribution in [-0.4, -0.2) is 39.9 Å². The Balaban J connectivity index is 1.46. The second kappa shape index (κ2) is 8.63. The number of nitrogens with zero attached hydrogens (tertiary/aromatic N) is 3. The van der Waals surface area contributed by atoms with Gasteiger partial charge in [0.15, 0.2) is 11.6 Å². The van der Waals surface area contributed by atoms with Crippen molar-refractivity contribution in [1.82, 2.24) is 15.0 Å². The Labute approximate surface area is 177 Å². The van der Waals surface area contributed by atoms with Crippen LogP contribution in [0.25, 0.3) is 11.4 Å². The topological polar surface area (TPSA) is 88.3 Å². The molecule has 1 N–H and O–H groups in total. The third kappa shape index (κ3) is 4.60. The molecular weight excluding hydrogens is 406 g/mol. The van der Waals surface area contributed by atoms with E-state index in [0.29, 0.717) is 30.5 Å². The third-order valence-electron chi connectivity index (χ3n) is 5.13. The first-order valence-corrected chi connectivity index (χ1v) is 9.86. The molecule has 0 bridgehead atoms. The SMILES string of the molecule is CC(=O)Nc1ccc(-c2noc(C3CCCN(C(=O)c4ccc(F)c(F)c4)C3)n2)cc1. The normalized spacial score (nSPS) is 16.2. The molecule has 0 spiro atoms. The number of hydrogen-bond acceptors (Lipinski definition) is 5. The molecule has 7 nitrogen and oxygen atoms in total. The maximum absolute atomic E-state index is 13.5. The van der Waals surface area contributed by atoms with Crippen LogP contribution < -0.4 is 5.32 Å². The summed E-state index contributed by atoms with van der Waals surface area (Å²) in [6, 6.07) is 10.2. The lowest BCUT2D eigenvalue weighted by molar-refractivity contribution is -0.114. The average Bonchev–Trinajstić information content (AvgIpc) is 3.26. The zero-order valence-corrected chi connectivity index (χ0v) is 16.8. The highest BCUT2D eigenvalue weighted by Crippen LogP contribution is 2.29. The maximum Gasteiger partial charge on any atom is 0.253 e. The Kier molecular flexibility index (Phi) is 5.75. The summed E-state index contributed by atoms with van der Waals surface area (Å²) in [6.45, 7) is 2.30. The summed E-state index contributed by atoms with van der Waals surface area (Å²) in [5.41, 5.74) is 1.50. The molecule has 31 heavy (non-hydrogen) atoms. The van der Waals surface area contributed by atoms with Gasteiger partial charge < -0.3 is 14.7 Å². The number of carbonyl (C=O) groups excluding carboxylic acids is 2. The first kappa shape index (κ1) is 20.6. The van der Waals surface area contributed by atoms with Gasteiger partial charge in [-0.1, -0.05) is 5.16 Å². The van der Waals surface area contributed by atoms with Gasteiger partial charge in [-0.15, -0.1) is 0 Å². The van der Waals surface area contributed by atoms with E-state index in [4.69, 9.17) is 4.52 Å². The van der Waals surface area contributed by atoms with Crippen molar-refractivity contribution in [3.8, 4) is 11.4 Å². The van der Waals surface area contributed by atoms with E-state index in [1.165, 1.54) is 13.0 Å². The number of piperidine rings is 1. The van der Waals surface area contributed by atoms with E-state index in [0.717, 1.165) is 30.5 Å². The van der Waals surface area contributed by atoms with Crippen LogP contribution in [0.5, 0.6) is 0 Å². The number of amides is 2. The zero-order chi connectivity index (χ0) is 22.0. The van der Waals surface area contributed by atoms with E-state index in [1.807, 2.05) is 0 Å². The predicted octanol–water partition coefficient (Wildman–Crippen LogP) is 3.99. The Morgan fingerprint density at radius 1 is 1.13 bits per heavy atom. The maximum atomic E-state index is 13.5. The van der Waals surface area contributed by atoms with E-state index < -0.39 is 11.6 Å². The highest BCUT2D eigenvalue weighted by molar-refractivity contribution is 5.94. The summed E-state index contributed by atoms with van der Waals surface area (Å²) in [5, 5.41) is 6.72. The summed E-state index contributed by atoms with van der Waals surface area (Å²) in [6.07, 6.45) is 1.49. The minimum absolute atomic E-state index is 0.102. The molecule has 0 saturated carbocycles. The van der Waals surface area contributed by atoms with Crippen molar-refractivity contribution in [2.75, 3.05) is 18.4 Å². The monoisotopic (exact) mass is 426 g/mol. The predicted molar refractivity (Wildman–Crippen MR) is 108 cm³/mol. The number of nitrogens with one attached hydrogen (secondary N) is 1. The van der Waals surface area contributed by atoms with Crippen LogP contribution in [0.1, 0.15) is 41.9 Å². The second-order valence-corrected chi connectivity index (χ2v) is 7.43. The van der Waals surface area contributed by atoms with Gasteiger partial charge in [0.2, 0.25) is 17.6 Å². The number of carbonyl (C=O) groups is 2. The second-order valence-electron chi connectivity index (χ2n) is 7.43. The van der Waals surface area contributed by atoms with Crippen LogP contribution in [0.15, 0.2) is 47.0 Å². The van der Waals surface area contributed by atoms with E-state index >= 15 is 0 Å². The van der Waals surface area contributed by atoms with E-state index in [-0.39, 0.29) is 23.3 Å². The fourth-order valence-corrected chi connectivity index (χ4v) is 3.60. The molecule has 1 atom stereocenters. The molecule has 160 valence electrons. The summed E-state index contributed by atoms with van der Waals surface area (Å²) in [5.74, 6) is -1.88. The van der Waals surface area contributed by atoms with Crippen LogP contribution in [0.4, 0.5) is 14.5 Å². The molecular formula is C22H20F2N4O3. The summed E-state index contributed by atoms with van der Waals surface area (Å²) in [7, 11) is 0. The molecule has 0 radical (unpaired) electrons. The van der Waals surface area contributed by atoms with Crippen LogP contribution in [-0.2, 0) is 4.79 Å². The molecule has 1 aromatic heterocycles. The number of rotatable bonds is 4.